The molecule has 66 valence electrons. The van der Waals surface area contributed by atoms with Crippen LogP contribution in [0.2, 0.25) is 0 Å². The van der Waals surface area contributed by atoms with Crippen LogP contribution in [-0.4, -0.2) is 5.91 Å². The fourth-order valence-corrected chi connectivity index (χ4v) is 0.996. The molecule has 0 rings (SSSR count). The Bertz CT molecular complexity index is 112. The van der Waals surface area contributed by atoms with Gasteiger partial charge >= 0.3 is 0 Å². The highest BCUT2D eigenvalue weighted by atomic mass is 16.1. The minimum Gasteiger partial charge on any atom is -0.370 e. The zero-order valence-corrected chi connectivity index (χ0v) is 7.60. The molecule has 1 amide bonds. The summed E-state index contributed by atoms with van der Waals surface area (Å²) in [7, 11) is 0. The van der Waals surface area contributed by atoms with Gasteiger partial charge in [-0.25, -0.2) is 0 Å². The van der Waals surface area contributed by atoms with Crippen molar-refractivity contribution in [2.45, 2.75) is 46.0 Å². The number of hydrogen-bond acceptors (Lipinski definition) is 1. The predicted octanol–water partition coefficient (Wildman–Crippen LogP) is 2.08. The van der Waals surface area contributed by atoms with E-state index in [0.717, 1.165) is 18.8 Å². The van der Waals surface area contributed by atoms with E-state index in [2.05, 4.69) is 13.8 Å². The van der Waals surface area contributed by atoms with Crippen molar-refractivity contribution < 1.29 is 4.79 Å². The van der Waals surface area contributed by atoms with Crippen molar-refractivity contribution in [2.75, 3.05) is 0 Å². The first-order chi connectivity index (χ1) is 5.16. The van der Waals surface area contributed by atoms with Gasteiger partial charge in [-0.15, -0.1) is 0 Å². The summed E-state index contributed by atoms with van der Waals surface area (Å²) >= 11 is 0. The molecule has 1 atom stereocenters. The van der Waals surface area contributed by atoms with E-state index in [-0.39, 0.29) is 5.91 Å². The monoisotopic (exact) mass is 157 g/mol. The molecule has 2 nitrogen and oxygen atoms in total. The van der Waals surface area contributed by atoms with E-state index in [1.54, 1.807) is 0 Å². The number of carbonyl (C=O) groups is 1. The minimum absolute atomic E-state index is 0.172. The van der Waals surface area contributed by atoms with E-state index < -0.39 is 0 Å². The Balaban J connectivity index is 3.08. The average molecular weight is 157 g/mol. The molecule has 0 aliphatic rings. The molecule has 2 heteroatoms. The molecule has 0 aliphatic heterocycles. The number of amides is 1. The zero-order chi connectivity index (χ0) is 8.69. The summed E-state index contributed by atoms with van der Waals surface area (Å²) in [6.45, 7) is 4.43. The summed E-state index contributed by atoms with van der Waals surface area (Å²) in [5.74, 6) is 0.622. The number of nitrogens with two attached hydrogens (primary N) is 1. The van der Waals surface area contributed by atoms with Gasteiger partial charge in [0.05, 0.1) is 0 Å². The Hall–Kier alpha value is -0.530. The highest BCUT2D eigenvalue weighted by Crippen LogP contribution is 2.11. The minimum atomic E-state index is -0.172. The lowest BCUT2D eigenvalue weighted by Gasteiger charge is -2.05. The van der Waals surface area contributed by atoms with Crippen molar-refractivity contribution in [1.29, 1.82) is 0 Å². The van der Waals surface area contributed by atoms with E-state index in [4.69, 9.17) is 5.73 Å². The predicted molar refractivity (Wildman–Crippen MR) is 47.1 cm³/mol. The van der Waals surface area contributed by atoms with Gasteiger partial charge in [0.1, 0.15) is 0 Å². The van der Waals surface area contributed by atoms with Gasteiger partial charge in [0, 0.05) is 6.42 Å². The molecule has 0 spiro atoms. The van der Waals surface area contributed by atoms with Crippen molar-refractivity contribution in [1.82, 2.24) is 0 Å². The first-order valence-electron chi connectivity index (χ1n) is 4.45. The topological polar surface area (TPSA) is 43.1 Å². The third kappa shape index (κ3) is 7.37. The molecule has 0 bridgehead atoms. The molecule has 0 unspecified atom stereocenters. The highest BCUT2D eigenvalue weighted by Gasteiger charge is 1.99. The molecule has 0 saturated heterocycles. The first kappa shape index (κ1) is 10.5. The molecular formula is C9H19NO. The Kier molecular flexibility index (Phi) is 5.90. The number of unbranched alkanes of at least 4 members (excludes halogenated alkanes) is 1. The highest BCUT2D eigenvalue weighted by molar-refractivity contribution is 5.73. The molecule has 0 aromatic heterocycles. The Labute approximate surface area is 69.2 Å². The Morgan fingerprint density at radius 1 is 1.45 bits per heavy atom. The molecule has 0 aromatic carbocycles. The van der Waals surface area contributed by atoms with Crippen LogP contribution in [0.15, 0.2) is 0 Å². The summed E-state index contributed by atoms with van der Waals surface area (Å²) in [5, 5.41) is 0. The van der Waals surface area contributed by atoms with Crippen molar-refractivity contribution in [2.24, 2.45) is 11.7 Å². The molecule has 0 radical (unpaired) electrons. The maximum atomic E-state index is 10.3. The largest absolute Gasteiger partial charge is 0.370 e. The molecule has 2 N–H and O–H groups in total. The second-order valence-corrected chi connectivity index (χ2v) is 3.23. The molecule has 0 fully saturated rings. The van der Waals surface area contributed by atoms with Gasteiger partial charge in [0.15, 0.2) is 0 Å². The van der Waals surface area contributed by atoms with Gasteiger partial charge in [-0.1, -0.05) is 33.1 Å². The van der Waals surface area contributed by atoms with Crippen molar-refractivity contribution in [3.05, 3.63) is 0 Å². The van der Waals surface area contributed by atoms with E-state index in [1.807, 2.05) is 0 Å². The summed E-state index contributed by atoms with van der Waals surface area (Å²) in [6.07, 6.45) is 5.11. The molecule has 0 aromatic rings. The molecular weight excluding hydrogens is 138 g/mol. The van der Waals surface area contributed by atoms with Gasteiger partial charge in [-0.05, 0) is 12.3 Å². The van der Waals surface area contributed by atoms with Gasteiger partial charge in [-0.3, -0.25) is 4.79 Å². The van der Waals surface area contributed by atoms with Crippen molar-refractivity contribution in [3.8, 4) is 0 Å². The molecule has 0 saturated carbocycles. The van der Waals surface area contributed by atoms with Crippen LogP contribution in [0, 0.1) is 5.92 Å². The van der Waals surface area contributed by atoms with E-state index in [1.165, 1.54) is 12.8 Å². The number of carbonyl (C=O) groups excluding carboxylic acids is 1. The van der Waals surface area contributed by atoms with E-state index in [0.29, 0.717) is 6.42 Å². The Morgan fingerprint density at radius 2 is 2.09 bits per heavy atom. The summed E-state index contributed by atoms with van der Waals surface area (Å²) in [5.41, 5.74) is 5.00. The van der Waals surface area contributed by atoms with Crippen LogP contribution in [0.5, 0.6) is 0 Å². The standard InChI is InChI=1S/C9H19NO/c1-3-8(2)6-4-5-7-9(10)11/h8H,3-7H2,1-2H3,(H2,10,11)/t8-/m0/s1. The molecule has 11 heavy (non-hydrogen) atoms. The summed E-state index contributed by atoms with van der Waals surface area (Å²) < 4.78 is 0. The third-order valence-corrected chi connectivity index (χ3v) is 2.07. The Morgan fingerprint density at radius 3 is 2.55 bits per heavy atom. The SMILES string of the molecule is CC[C@H](C)CCCCC(N)=O. The maximum absolute atomic E-state index is 10.3. The lowest BCUT2D eigenvalue weighted by molar-refractivity contribution is -0.118. The zero-order valence-electron chi connectivity index (χ0n) is 7.60. The van der Waals surface area contributed by atoms with Crippen LogP contribution in [0.25, 0.3) is 0 Å². The van der Waals surface area contributed by atoms with Gasteiger partial charge < -0.3 is 5.73 Å². The first-order valence-corrected chi connectivity index (χ1v) is 4.45. The van der Waals surface area contributed by atoms with Crippen LogP contribution in [0.1, 0.15) is 46.0 Å². The number of rotatable bonds is 6. The normalized spacial score (nSPS) is 12.9. The molecule has 0 aliphatic carbocycles. The lowest BCUT2D eigenvalue weighted by Crippen LogP contribution is -2.09. The fourth-order valence-electron chi connectivity index (χ4n) is 0.996. The summed E-state index contributed by atoms with van der Waals surface area (Å²) in [6, 6.07) is 0. The van der Waals surface area contributed by atoms with Gasteiger partial charge in [0.2, 0.25) is 5.91 Å². The van der Waals surface area contributed by atoms with Crippen LogP contribution in [-0.2, 0) is 4.79 Å². The van der Waals surface area contributed by atoms with E-state index >= 15 is 0 Å². The average Bonchev–Trinajstić information content (AvgIpc) is 1.97. The number of primary amides is 1. The second-order valence-electron chi connectivity index (χ2n) is 3.23. The second kappa shape index (κ2) is 6.20. The van der Waals surface area contributed by atoms with Crippen LogP contribution >= 0.6 is 0 Å². The van der Waals surface area contributed by atoms with Gasteiger partial charge in [0.25, 0.3) is 0 Å². The maximum Gasteiger partial charge on any atom is 0.217 e. The van der Waals surface area contributed by atoms with Crippen molar-refractivity contribution in [3.63, 3.8) is 0 Å². The number of hydrogen-bond donors (Lipinski definition) is 1. The van der Waals surface area contributed by atoms with Gasteiger partial charge in [-0.2, -0.15) is 0 Å². The molecule has 0 heterocycles. The summed E-state index contributed by atoms with van der Waals surface area (Å²) in [4.78, 5) is 10.3. The van der Waals surface area contributed by atoms with Crippen LogP contribution in [0.3, 0.4) is 0 Å². The van der Waals surface area contributed by atoms with E-state index in [9.17, 15) is 4.79 Å². The van der Waals surface area contributed by atoms with Crippen LogP contribution in [0.4, 0.5) is 0 Å². The van der Waals surface area contributed by atoms with Crippen LogP contribution < -0.4 is 5.73 Å². The third-order valence-electron chi connectivity index (χ3n) is 2.07. The van der Waals surface area contributed by atoms with Crippen molar-refractivity contribution >= 4 is 5.91 Å². The lowest BCUT2D eigenvalue weighted by atomic mass is 10.0. The fraction of sp³-hybridized carbons (Fsp3) is 0.889. The smallest absolute Gasteiger partial charge is 0.217 e. The quantitative estimate of drug-likeness (QED) is 0.589.